The third-order valence-corrected chi connectivity index (χ3v) is 17.6. The number of anilines is 6. The van der Waals surface area contributed by atoms with Crippen LogP contribution in [0.15, 0.2) is 288 Å². The van der Waals surface area contributed by atoms with Crippen LogP contribution in [-0.4, -0.2) is 19.1 Å². The van der Waals surface area contributed by atoms with Gasteiger partial charge in [0.2, 0.25) is 11.8 Å². The number of para-hydroxylation sites is 7. The number of oxazole rings is 2. The van der Waals surface area contributed by atoms with E-state index in [1.807, 2.05) is 48.5 Å². The van der Waals surface area contributed by atoms with Gasteiger partial charge in [0.25, 0.3) is 0 Å². The second-order valence-electron chi connectivity index (χ2n) is 22.9. The molecule has 0 saturated heterocycles. The molecular weight excluding hydrogens is 1050 g/mol. The highest BCUT2D eigenvalue weighted by Gasteiger charge is 2.37. The lowest BCUT2D eigenvalue weighted by molar-refractivity contribution is 0.619. The van der Waals surface area contributed by atoms with Gasteiger partial charge in [0.15, 0.2) is 11.2 Å². The summed E-state index contributed by atoms with van der Waals surface area (Å²) in [5, 5.41) is 4.85. The molecule has 8 nitrogen and oxygen atoms in total. The summed E-state index contributed by atoms with van der Waals surface area (Å²) in [6, 6.07) is 89.2. The fourth-order valence-electron chi connectivity index (χ4n) is 13.5. The third kappa shape index (κ3) is 7.91. The number of hydrogen-bond donors (Lipinski definition) is 0. The molecule has 2 aliphatic rings. The summed E-state index contributed by atoms with van der Waals surface area (Å²) in [4.78, 5) is 14.5. The maximum Gasteiger partial charge on any atom is 0.227 e. The summed E-state index contributed by atoms with van der Waals surface area (Å²) in [6.07, 6.45) is 11.7. The molecule has 0 bridgehead atoms. The van der Waals surface area contributed by atoms with Crippen molar-refractivity contribution in [1.29, 1.82) is 0 Å². The minimum atomic E-state index is -0.394. The Kier molecular flexibility index (Phi) is 11.2. The molecule has 0 unspecified atom stereocenters. The van der Waals surface area contributed by atoms with Crippen LogP contribution in [-0.2, 0) is 5.41 Å². The Balaban J connectivity index is 0.803. The van der Waals surface area contributed by atoms with E-state index in [2.05, 4.69) is 263 Å². The maximum absolute atomic E-state index is 6.29. The van der Waals surface area contributed by atoms with Gasteiger partial charge < -0.3 is 27.8 Å². The van der Waals surface area contributed by atoms with E-state index in [0.717, 1.165) is 90.6 Å². The van der Waals surface area contributed by atoms with Crippen LogP contribution in [0.5, 0.6) is 0 Å². The van der Waals surface area contributed by atoms with Crippen molar-refractivity contribution in [1.82, 2.24) is 19.1 Å². The quantitative estimate of drug-likeness (QED) is 0.136. The van der Waals surface area contributed by atoms with E-state index < -0.39 is 5.41 Å². The predicted octanol–water partition coefficient (Wildman–Crippen LogP) is 21.1. The van der Waals surface area contributed by atoms with Crippen molar-refractivity contribution >= 4 is 106 Å². The smallest absolute Gasteiger partial charge is 0.227 e. The molecule has 4 aromatic heterocycles. The van der Waals surface area contributed by atoms with Crippen LogP contribution in [0.25, 0.3) is 111 Å². The lowest BCUT2D eigenvalue weighted by Gasteiger charge is -2.29. The molecule has 0 N–H and O–H groups in total. The minimum Gasteiger partial charge on any atom is -0.436 e. The van der Waals surface area contributed by atoms with E-state index in [-0.39, 0.29) is 0 Å². The molecule has 86 heavy (non-hydrogen) atoms. The highest BCUT2D eigenvalue weighted by Crippen LogP contribution is 2.53. The van der Waals surface area contributed by atoms with Crippen molar-refractivity contribution in [2.45, 2.75) is 25.7 Å². The van der Waals surface area contributed by atoms with Gasteiger partial charge in [0.05, 0.1) is 22.1 Å². The highest BCUT2D eigenvalue weighted by atomic mass is 16.4. The number of aromatic nitrogens is 4. The van der Waals surface area contributed by atoms with E-state index in [1.54, 1.807) is 0 Å². The predicted molar refractivity (Wildman–Crippen MR) is 354 cm³/mol. The van der Waals surface area contributed by atoms with Crippen LogP contribution in [0, 0.1) is 0 Å². The maximum atomic E-state index is 6.29. The zero-order valence-electron chi connectivity index (χ0n) is 47.3. The fraction of sp³-hybridized carbons (Fsp3) is 0.0513. The first kappa shape index (κ1) is 49.4. The molecule has 0 spiro atoms. The average Bonchev–Trinajstić information content (AvgIpc) is 1.83. The zero-order valence-corrected chi connectivity index (χ0v) is 47.3. The standard InChI is InChI=1S/C78H54N6O2/c1-78(2)66-46-56(81(54-34-30-50(31-35-54)76-79-68-24-12-16-28-74(68)85-76)58-40-44-64-62-22-10-14-26-70(62)83(72(64)48-58)52-18-6-3-4-7-19-52)38-42-60(66)61-43-39-57(47-67(61)78)82(55-36-32-51(33-37-55)77-80-69-25-13-17-29-75(69)86-77)59-41-45-65-63-23-11-15-27-71(63)84(73(65)49-59)53-20-8-5-9-21-53/h3-18,20-49H,19H2,1-2H3. The largest absolute Gasteiger partial charge is 0.436 e. The molecule has 0 radical (unpaired) electrons. The highest BCUT2D eigenvalue weighted by molar-refractivity contribution is 6.12. The van der Waals surface area contributed by atoms with Crippen LogP contribution in [0.3, 0.4) is 0 Å². The SMILES string of the molecule is CC1(C)c2cc(N(c3ccc(-c4nc5ccccc5o4)cc3)c3ccc4c5ccccc5n(C5=CC=CC=CC5)c4c3)ccc2-c2ccc(N(c3ccc(-c4nc5ccccc5o4)cc3)c3ccc4c5ccccc5n(-c5ccccc5)c4c3)cc21. The van der Waals surface area contributed by atoms with Gasteiger partial charge in [-0.2, -0.15) is 0 Å². The average molecular weight is 1110 g/mol. The van der Waals surface area contributed by atoms with Crippen LogP contribution >= 0.6 is 0 Å². The van der Waals surface area contributed by atoms with Gasteiger partial charge in [-0.3, -0.25) is 0 Å². The van der Waals surface area contributed by atoms with Gasteiger partial charge in [0.1, 0.15) is 11.0 Å². The van der Waals surface area contributed by atoms with Crippen molar-refractivity contribution in [3.05, 3.63) is 290 Å². The summed E-state index contributed by atoms with van der Waals surface area (Å²) in [6.45, 7) is 4.75. The summed E-state index contributed by atoms with van der Waals surface area (Å²) >= 11 is 0. The van der Waals surface area contributed by atoms with Crippen LogP contribution in [0.4, 0.5) is 34.1 Å². The van der Waals surface area contributed by atoms with Gasteiger partial charge in [-0.05, 0) is 174 Å². The lowest BCUT2D eigenvalue weighted by Crippen LogP contribution is -2.17. The van der Waals surface area contributed by atoms with E-state index in [1.165, 1.54) is 60.5 Å². The van der Waals surface area contributed by atoms with E-state index in [4.69, 9.17) is 18.8 Å². The van der Waals surface area contributed by atoms with Gasteiger partial charge in [0, 0.05) is 90.0 Å². The van der Waals surface area contributed by atoms with Crippen molar-refractivity contribution in [3.8, 4) is 39.7 Å². The molecule has 0 aliphatic heterocycles. The second kappa shape index (κ2) is 19.4. The first-order valence-electron chi connectivity index (χ1n) is 29.3. The Hall–Kier alpha value is -11.2. The van der Waals surface area contributed by atoms with Crippen molar-refractivity contribution in [3.63, 3.8) is 0 Å². The molecule has 15 aromatic rings. The Morgan fingerprint density at radius 1 is 0.384 bits per heavy atom. The van der Waals surface area contributed by atoms with E-state index in [9.17, 15) is 0 Å². The summed E-state index contributed by atoms with van der Waals surface area (Å²) < 4.78 is 17.4. The Morgan fingerprint density at radius 3 is 1.37 bits per heavy atom. The fourth-order valence-corrected chi connectivity index (χ4v) is 13.5. The minimum absolute atomic E-state index is 0.394. The number of nitrogens with zero attached hydrogens (tertiary/aromatic N) is 6. The van der Waals surface area contributed by atoms with Crippen molar-refractivity contribution in [2.24, 2.45) is 0 Å². The monoisotopic (exact) mass is 1110 g/mol. The molecule has 0 atom stereocenters. The van der Waals surface area contributed by atoms with Gasteiger partial charge >= 0.3 is 0 Å². The zero-order chi connectivity index (χ0) is 57.0. The molecule has 4 heterocycles. The van der Waals surface area contributed by atoms with E-state index >= 15 is 0 Å². The number of rotatable bonds is 10. The molecule has 0 amide bonds. The number of fused-ring (bicyclic) bond motifs is 11. The van der Waals surface area contributed by atoms with Crippen LogP contribution in [0.2, 0.25) is 0 Å². The first-order chi connectivity index (χ1) is 42.4. The number of benzene rings is 11. The molecule has 408 valence electrons. The van der Waals surface area contributed by atoms with Crippen molar-refractivity contribution < 1.29 is 8.83 Å². The number of hydrogen-bond acceptors (Lipinski definition) is 6. The molecule has 17 rings (SSSR count). The molecule has 0 saturated carbocycles. The number of allylic oxidation sites excluding steroid dienone is 6. The first-order valence-corrected chi connectivity index (χ1v) is 29.3. The molecule has 8 heteroatoms. The molecular formula is C78H54N6O2. The topological polar surface area (TPSA) is 68.4 Å². The van der Waals surface area contributed by atoms with Crippen LogP contribution in [0.1, 0.15) is 31.4 Å². The van der Waals surface area contributed by atoms with Gasteiger partial charge in [-0.15, -0.1) is 0 Å². The van der Waals surface area contributed by atoms with Crippen LogP contribution < -0.4 is 9.80 Å². The second-order valence-corrected chi connectivity index (χ2v) is 22.9. The molecule has 0 fully saturated rings. The molecule has 11 aromatic carbocycles. The van der Waals surface area contributed by atoms with Gasteiger partial charge in [-0.1, -0.05) is 141 Å². The summed E-state index contributed by atoms with van der Waals surface area (Å²) in [7, 11) is 0. The normalized spacial score (nSPS) is 13.5. The van der Waals surface area contributed by atoms with E-state index in [0.29, 0.717) is 11.8 Å². The Labute approximate surface area is 496 Å². The lowest BCUT2D eigenvalue weighted by atomic mass is 9.82. The van der Waals surface area contributed by atoms with Gasteiger partial charge in [-0.25, -0.2) is 9.97 Å². The Morgan fingerprint density at radius 2 is 0.826 bits per heavy atom. The molecule has 2 aliphatic carbocycles. The Bertz CT molecular complexity index is 5240. The third-order valence-electron chi connectivity index (χ3n) is 17.6. The summed E-state index contributed by atoms with van der Waals surface area (Å²) in [5.74, 6) is 1.19. The van der Waals surface area contributed by atoms with Crippen molar-refractivity contribution in [2.75, 3.05) is 9.80 Å². The summed E-state index contributed by atoms with van der Waals surface area (Å²) in [5.41, 5.74) is 22.8.